The maximum absolute atomic E-state index is 5.64. The molecule has 8 rings (SSSR count). The number of rotatable bonds is 4. The average Bonchev–Trinajstić information content (AvgIpc) is 3.87. The molecule has 0 amide bonds. The third-order valence-corrected chi connectivity index (χ3v) is 9.49. The van der Waals surface area contributed by atoms with Crippen LogP contribution >= 0.6 is 0 Å². The SMILES string of the molecule is C=Cc1ccc2nc(N3CCCC34CCOC4)ncc2c1.C=Cc1ccc2nc(N3CCC[C@@]34CCOC4)ncc2c1. The van der Waals surface area contributed by atoms with Crippen LogP contribution in [0.25, 0.3) is 34.0 Å². The Labute approximate surface area is 247 Å². The molecule has 8 nitrogen and oxygen atoms in total. The van der Waals surface area contributed by atoms with Crippen LogP contribution in [0, 0.1) is 0 Å². The summed E-state index contributed by atoms with van der Waals surface area (Å²) >= 11 is 0. The van der Waals surface area contributed by atoms with Crippen molar-refractivity contribution >= 4 is 45.9 Å². The van der Waals surface area contributed by atoms with E-state index < -0.39 is 0 Å². The molecule has 0 bridgehead atoms. The van der Waals surface area contributed by atoms with Gasteiger partial charge in [0.15, 0.2) is 0 Å². The fraction of sp³-hybridized carbons (Fsp3) is 0.412. The van der Waals surface area contributed by atoms with Crippen LogP contribution in [0.5, 0.6) is 0 Å². The summed E-state index contributed by atoms with van der Waals surface area (Å²) in [6.45, 7) is 13.0. The summed E-state index contributed by atoms with van der Waals surface area (Å²) in [4.78, 5) is 23.5. The molecule has 4 aromatic rings. The molecule has 4 saturated heterocycles. The van der Waals surface area contributed by atoms with Crippen LogP contribution in [0.15, 0.2) is 61.9 Å². The van der Waals surface area contributed by atoms with Crippen molar-refractivity contribution in [2.24, 2.45) is 0 Å². The first kappa shape index (κ1) is 27.0. The quantitative estimate of drug-likeness (QED) is 0.297. The molecule has 6 heterocycles. The molecule has 2 atom stereocenters. The summed E-state index contributed by atoms with van der Waals surface area (Å²) < 4.78 is 11.3. The highest BCUT2D eigenvalue weighted by molar-refractivity contribution is 5.82. The predicted molar refractivity (Wildman–Crippen MR) is 169 cm³/mol. The van der Waals surface area contributed by atoms with E-state index in [0.717, 1.165) is 97.2 Å². The first-order valence-corrected chi connectivity index (χ1v) is 15.1. The summed E-state index contributed by atoms with van der Waals surface area (Å²) in [7, 11) is 0. The Hall–Kier alpha value is -3.88. The molecule has 0 aliphatic carbocycles. The Morgan fingerprint density at radius 1 is 0.667 bits per heavy atom. The molecule has 1 unspecified atom stereocenters. The van der Waals surface area contributed by atoms with Crippen LogP contribution < -0.4 is 9.80 Å². The van der Waals surface area contributed by atoms with Gasteiger partial charge in [0.25, 0.3) is 0 Å². The van der Waals surface area contributed by atoms with Gasteiger partial charge in [-0.3, -0.25) is 0 Å². The van der Waals surface area contributed by atoms with Crippen molar-refractivity contribution in [3.05, 3.63) is 73.1 Å². The molecule has 2 aromatic heterocycles. The molecule has 0 saturated carbocycles. The number of aromatic nitrogens is 4. The van der Waals surface area contributed by atoms with Gasteiger partial charge in [-0.05, 0) is 73.9 Å². The second-order valence-corrected chi connectivity index (χ2v) is 11.9. The van der Waals surface area contributed by atoms with Gasteiger partial charge in [0.05, 0.1) is 35.3 Å². The maximum Gasteiger partial charge on any atom is 0.226 e. The Morgan fingerprint density at radius 2 is 1.14 bits per heavy atom. The predicted octanol–water partition coefficient (Wildman–Crippen LogP) is 6.06. The van der Waals surface area contributed by atoms with Crippen LogP contribution in [0.2, 0.25) is 0 Å². The molecule has 2 aromatic carbocycles. The molecule has 4 aliphatic rings. The van der Waals surface area contributed by atoms with Gasteiger partial charge >= 0.3 is 0 Å². The highest BCUT2D eigenvalue weighted by Crippen LogP contribution is 2.40. The van der Waals surface area contributed by atoms with Crippen molar-refractivity contribution in [2.45, 2.75) is 49.6 Å². The molecular formula is C34H38N6O2. The minimum Gasteiger partial charge on any atom is -0.379 e. The van der Waals surface area contributed by atoms with Gasteiger partial charge in [-0.25, -0.2) is 19.9 Å². The van der Waals surface area contributed by atoms with Gasteiger partial charge in [-0.2, -0.15) is 0 Å². The highest BCUT2D eigenvalue weighted by atomic mass is 16.5. The largest absolute Gasteiger partial charge is 0.379 e. The number of fused-ring (bicyclic) bond motifs is 2. The van der Waals surface area contributed by atoms with Gasteiger partial charge in [-0.1, -0.05) is 37.4 Å². The zero-order chi connectivity index (χ0) is 28.6. The van der Waals surface area contributed by atoms with E-state index in [9.17, 15) is 0 Å². The van der Waals surface area contributed by atoms with Crippen molar-refractivity contribution in [3.8, 4) is 0 Å². The second-order valence-electron chi connectivity index (χ2n) is 11.9. The number of hydrogen-bond acceptors (Lipinski definition) is 8. The van der Waals surface area contributed by atoms with E-state index in [2.05, 4.69) is 45.1 Å². The van der Waals surface area contributed by atoms with Gasteiger partial charge in [0, 0.05) is 49.5 Å². The lowest BCUT2D eigenvalue weighted by atomic mass is 9.96. The molecular weight excluding hydrogens is 524 g/mol. The lowest BCUT2D eigenvalue weighted by Gasteiger charge is -2.33. The summed E-state index contributed by atoms with van der Waals surface area (Å²) in [5, 5.41) is 2.12. The molecule has 2 spiro atoms. The highest BCUT2D eigenvalue weighted by Gasteiger charge is 2.46. The Morgan fingerprint density at radius 3 is 1.55 bits per heavy atom. The minimum absolute atomic E-state index is 0.134. The standard InChI is InChI=1S/2C17H19N3O/c2*1-2-13-4-5-15-14(10-13)11-18-16(19-15)20-8-3-6-17(20)7-9-21-12-17/h2*2,4-5,10-11H,1,3,6-9,12H2/t17-;/m0./s1. The Balaban J connectivity index is 0.000000137. The van der Waals surface area contributed by atoms with E-state index in [4.69, 9.17) is 19.4 Å². The van der Waals surface area contributed by atoms with Gasteiger partial charge in [-0.15, -0.1) is 0 Å². The summed E-state index contributed by atoms with van der Waals surface area (Å²) in [5.41, 5.74) is 4.45. The zero-order valence-corrected chi connectivity index (χ0v) is 24.2. The Bertz CT molecular complexity index is 1490. The number of ether oxygens (including phenoxy) is 2. The lowest BCUT2D eigenvalue weighted by molar-refractivity contribution is 0.178. The van der Waals surface area contributed by atoms with E-state index in [0.29, 0.717) is 0 Å². The van der Waals surface area contributed by atoms with Gasteiger partial charge < -0.3 is 19.3 Å². The molecule has 42 heavy (non-hydrogen) atoms. The monoisotopic (exact) mass is 562 g/mol. The first-order valence-electron chi connectivity index (χ1n) is 15.1. The molecule has 0 N–H and O–H groups in total. The average molecular weight is 563 g/mol. The summed E-state index contributed by atoms with van der Waals surface area (Å²) in [6.07, 6.45) is 14.5. The first-order chi connectivity index (χ1) is 20.6. The van der Waals surface area contributed by atoms with Crippen molar-refractivity contribution in [2.75, 3.05) is 49.3 Å². The minimum atomic E-state index is 0.134. The van der Waals surface area contributed by atoms with Gasteiger partial charge in [0.2, 0.25) is 11.9 Å². The third-order valence-electron chi connectivity index (χ3n) is 9.49. The van der Waals surface area contributed by atoms with E-state index in [-0.39, 0.29) is 11.1 Å². The number of anilines is 2. The number of benzene rings is 2. The van der Waals surface area contributed by atoms with Crippen molar-refractivity contribution in [1.82, 2.24) is 19.9 Å². The molecule has 4 fully saturated rings. The van der Waals surface area contributed by atoms with E-state index >= 15 is 0 Å². The molecule has 4 aliphatic heterocycles. The van der Waals surface area contributed by atoms with Crippen molar-refractivity contribution in [3.63, 3.8) is 0 Å². The number of hydrogen-bond donors (Lipinski definition) is 0. The second kappa shape index (κ2) is 11.1. The van der Waals surface area contributed by atoms with E-state index in [1.165, 1.54) is 25.7 Å². The lowest BCUT2D eigenvalue weighted by Crippen LogP contribution is -2.45. The normalized spacial score (nSPS) is 25.0. The van der Waals surface area contributed by atoms with Gasteiger partial charge in [0.1, 0.15) is 0 Å². The van der Waals surface area contributed by atoms with Crippen LogP contribution in [0.4, 0.5) is 11.9 Å². The summed E-state index contributed by atoms with van der Waals surface area (Å²) in [6, 6.07) is 12.3. The molecule has 0 radical (unpaired) electrons. The zero-order valence-electron chi connectivity index (χ0n) is 24.2. The number of nitrogens with zero attached hydrogens (tertiary/aromatic N) is 6. The summed E-state index contributed by atoms with van der Waals surface area (Å²) in [5.74, 6) is 1.69. The fourth-order valence-corrected chi connectivity index (χ4v) is 7.11. The fourth-order valence-electron chi connectivity index (χ4n) is 7.11. The van der Waals surface area contributed by atoms with E-state index in [1.807, 2.05) is 48.8 Å². The third kappa shape index (κ3) is 4.82. The topological polar surface area (TPSA) is 76.5 Å². The maximum atomic E-state index is 5.64. The van der Waals surface area contributed by atoms with Crippen LogP contribution in [-0.2, 0) is 9.47 Å². The molecule has 216 valence electrons. The van der Waals surface area contributed by atoms with Crippen LogP contribution in [0.1, 0.15) is 49.7 Å². The smallest absolute Gasteiger partial charge is 0.226 e. The van der Waals surface area contributed by atoms with Crippen molar-refractivity contribution in [1.29, 1.82) is 0 Å². The molecule has 8 heteroatoms. The van der Waals surface area contributed by atoms with Crippen LogP contribution in [-0.4, -0.2) is 70.5 Å². The van der Waals surface area contributed by atoms with Crippen LogP contribution in [0.3, 0.4) is 0 Å². The Kier molecular flexibility index (Phi) is 7.12. The van der Waals surface area contributed by atoms with Crippen molar-refractivity contribution < 1.29 is 9.47 Å². The van der Waals surface area contributed by atoms with E-state index in [1.54, 1.807) is 0 Å².